The second-order valence-electron chi connectivity index (χ2n) is 4.31. The number of nitrogens with zero attached hydrogens (tertiary/aromatic N) is 1. The predicted octanol–water partition coefficient (Wildman–Crippen LogP) is 3.82. The Hall–Kier alpha value is -2.13. The Labute approximate surface area is 114 Å². The minimum absolute atomic E-state index is 0.283. The van der Waals surface area contributed by atoms with E-state index in [2.05, 4.69) is 4.98 Å². The van der Waals surface area contributed by atoms with Crippen LogP contribution in [0.15, 0.2) is 51.7 Å². The van der Waals surface area contributed by atoms with Crippen molar-refractivity contribution in [1.29, 1.82) is 0 Å². The summed E-state index contributed by atoms with van der Waals surface area (Å²) in [6.07, 6.45) is 0. The first-order valence-corrected chi connectivity index (χ1v) is 6.19. The topological polar surface area (TPSA) is 43.1 Å². The van der Waals surface area contributed by atoms with Crippen molar-refractivity contribution in [2.24, 2.45) is 0 Å². The lowest BCUT2D eigenvalue weighted by Gasteiger charge is -2.03. The third-order valence-electron chi connectivity index (χ3n) is 2.91. The number of fused-ring (bicyclic) bond motifs is 1. The molecule has 1 heterocycles. The van der Waals surface area contributed by atoms with Crippen molar-refractivity contribution < 1.29 is 4.42 Å². The zero-order chi connectivity index (χ0) is 13.4. The van der Waals surface area contributed by atoms with Crippen molar-refractivity contribution in [1.82, 2.24) is 4.98 Å². The molecule has 0 radical (unpaired) electrons. The normalized spacial score (nSPS) is 10.8. The number of para-hydroxylation sites is 1. The summed E-state index contributed by atoms with van der Waals surface area (Å²) in [7, 11) is 0. The second kappa shape index (κ2) is 4.52. The van der Waals surface area contributed by atoms with Crippen LogP contribution >= 0.6 is 11.6 Å². The molecule has 3 aromatic rings. The average molecular weight is 272 g/mol. The number of halogens is 1. The molecule has 0 saturated heterocycles. The molecule has 0 spiro atoms. The molecular weight excluding hydrogens is 262 g/mol. The fraction of sp³-hybridized carbons (Fsp3) is 0.0667. The molecule has 0 aliphatic carbocycles. The highest BCUT2D eigenvalue weighted by molar-refractivity contribution is 6.35. The van der Waals surface area contributed by atoms with Crippen molar-refractivity contribution in [3.05, 3.63) is 63.5 Å². The molecule has 0 fully saturated rings. The van der Waals surface area contributed by atoms with Crippen LogP contribution in [-0.4, -0.2) is 4.98 Å². The zero-order valence-electron chi connectivity index (χ0n) is 10.2. The van der Waals surface area contributed by atoms with Gasteiger partial charge in [-0.1, -0.05) is 35.4 Å². The molecule has 19 heavy (non-hydrogen) atoms. The summed E-state index contributed by atoms with van der Waals surface area (Å²) in [6.45, 7) is 1.99. The van der Waals surface area contributed by atoms with Crippen LogP contribution in [0, 0.1) is 6.92 Å². The summed E-state index contributed by atoms with van der Waals surface area (Å²) in [6, 6.07) is 12.7. The Morgan fingerprint density at radius 1 is 1.11 bits per heavy atom. The third-order valence-corrected chi connectivity index (χ3v) is 3.21. The van der Waals surface area contributed by atoms with Gasteiger partial charge in [-0.05, 0) is 31.2 Å². The summed E-state index contributed by atoms with van der Waals surface area (Å²) in [5, 5.41) is 0.835. The SMILES string of the molecule is Cc1ccc(-c2nc3c(Cl)cccc3c(=O)o2)cc1. The smallest absolute Gasteiger partial charge is 0.347 e. The number of hydrogen-bond acceptors (Lipinski definition) is 3. The van der Waals surface area contributed by atoms with Gasteiger partial charge in [0.15, 0.2) is 0 Å². The zero-order valence-corrected chi connectivity index (χ0v) is 10.9. The van der Waals surface area contributed by atoms with Gasteiger partial charge in [0, 0.05) is 5.56 Å². The van der Waals surface area contributed by atoms with E-state index in [1.807, 2.05) is 31.2 Å². The minimum Gasteiger partial charge on any atom is -0.403 e. The van der Waals surface area contributed by atoms with Crippen LogP contribution in [0.2, 0.25) is 5.02 Å². The van der Waals surface area contributed by atoms with E-state index in [9.17, 15) is 4.79 Å². The number of rotatable bonds is 1. The summed E-state index contributed by atoms with van der Waals surface area (Å²) in [4.78, 5) is 16.3. The maximum atomic E-state index is 11.9. The van der Waals surface area contributed by atoms with Crippen molar-refractivity contribution >= 4 is 22.5 Å². The van der Waals surface area contributed by atoms with Gasteiger partial charge in [0.05, 0.1) is 10.4 Å². The van der Waals surface area contributed by atoms with E-state index in [1.54, 1.807) is 18.2 Å². The van der Waals surface area contributed by atoms with Crippen molar-refractivity contribution in [3.63, 3.8) is 0 Å². The number of aryl methyl sites for hydroxylation is 1. The Balaban J connectivity index is 2.29. The van der Waals surface area contributed by atoms with Gasteiger partial charge in [-0.2, -0.15) is 0 Å². The average Bonchev–Trinajstić information content (AvgIpc) is 2.41. The first-order valence-electron chi connectivity index (χ1n) is 5.81. The monoisotopic (exact) mass is 271 g/mol. The van der Waals surface area contributed by atoms with Gasteiger partial charge < -0.3 is 4.42 Å². The van der Waals surface area contributed by atoms with Crippen LogP contribution in [0.4, 0.5) is 0 Å². The molecule has 0 bridgehead atoms. The summed E-state index contributed by atoms with van der Waals surface area (Å²) in [5.74, 6) is 0.283. The van der Waals surface area contributed by atoms with Crippen LogP contribution in [0.1, 0.15) is 5.56 Å². The maximum absolute atomic E-state index is 11.9. The lowest BCUT2D eigenvalue weighted by Crippen LogP contribution is -2.03. The molecule has 0 aliphatic heterocycles. The van der Waals surface area contributed by atoms with Crippen LogP contribution in [0.5, 0.6) is 0 Å². The molecule has 3 nitrogen and oxygen atoms in total. The Morgan fingerprint density at radius 2 is 1.84 bits per heavy atom. The Morgan fingerprint density at radius 3 is 2.58 bits per heavy atom. The van der Waals surface area contributed by atoms with Crippen molar-refractivity contribution in [2.75, 3.05) is 0 Å². The first kappa shape index (κ1) is 11.9. The molecule has 0 N–H and O–H groups in total. The molecule has 3 rings (SSSR count). The minimum atomic E-state index is -0.428. The molecule has 0 aliphatic rings. The second-order valence-corrected chi connectivity index (χ2v) is 4.72. The summed E-state index contributed by atoms with van der Waals surface area (Å²) in [5.41, 5.74) is 1.92. The van der Waals surface area contributed by atoms with Crippen molar-refractivity contribution in [3.8, 4) is 11.5 Å². The van der Waals surface area contributed by atoms with E-state index in [0.717, 1.165) is 11.1 Å². The lowest BCUT2D eigenvalue weighted by molar-refractivity contribution is 0.518. The van der Waals surface area contributed by atoms with Gasteiger partial charge in [0.2, 0.25) is 5.89 Å². The van der Waals surface area contributed by atoms with Gasteiger partial charge in [-0.15, -0.1) is 0 Å². The van der Waals surface area contributed by atoms with Gasteiger partial charge in [0.1, 0.15) is 5.52 Å². The predicted molar refractivity (Wildman–Crippen MR) is 75.5 cm³/mol. The van der Waals surface area contributed by atoms with Gasteiger partial charge in [-0.3, -0.25) is 0 Å². The Kier molecular flexibility index (Phi) is 2.84. The quantitative estimate of drug-likeness (QED) is 0.676. The van der Waals surface area contributed by atoms with Crippen LogP contribution in [0.3, 0.4) is 0 Å². The summed E-state index contributed by atoms with van der Waals surface area (Å²) >= 11 is 6.07. The van der Waals surface area contributed by atoms with E-state index in [1.165, 1.54) is 0 Å². The van der Waals surface area contributed by atoms with Crippen LogP contribution in [0.25, 0.3) is 22.4 Å². The molecule has 0 atom stereocenters. The molecule has 0 amide bonds. The number of aromatic nitrogens is 1. The number of benzene rings is 2. The molecule has 0 unspecified atom stereocenters. The molecule has 1 aromatic heterocycles. The van der Waals surface area contributed by atoms with E-state index in [-0.39, 0.29) is 5.89 Å². The standard InChI is InChI=1S/C15H10ClNO2/c1-9-5-7-10(8-6-9)14-17-13-11(15(18)19-14)3-2-4-12(13)16/h2-8H,1H3. The van der Waals surface area contributed by atoms with E-state index < -0.39 is 5.63 Å². The van der Waals surface area contributed by atoms with Gasteiger partial charge in [0.25, 0.3) is 0 Å². The highest BCUT2D eigenvalue weighted by Crippen LogP contribution is 2.23. The van der Waals surface area contributed by atoms with Crippen LogP contribution in [-0.2, 0) is 0 Å². The Bertz CT molecular complexity index is 806. The molecule has 94 valence electrons. The molecule has 0 saturated carbocycles. The van der Waals surface area contributed by atoms with Crippen LogP contribution < -0.4 is 5.63 Å². The maximum Gasteiger partial charge on any atom is 0.347 e. The van der Waals surface area contributed by atoms with Crippen molar-refractivity contribution in [2.45, 2.75) is 6.92 Å². The third kappa shape index (κ3) is 2.13. The van der Waals surface area contributed by atoms with E-state index in [0.29, 0.717) is 15.9 Å². The van der Waals surface area contributed by atoms with E-state index >= 15 is 0 Å². The first-order chi connectivity index (χ1) is 9.15. The summed E-state index contributed by atoms with van der Waals surface area (Å²) < 4.78 is 5.25. The van der Waals surface area contributed by atoms with Gasteiger partial charge >= 0.3 is 5.63 Å². The van der Waals surface area contributed by atoms with E-state index in [4.69, 9.17) is 16.0 Å². The highest BCUT2D eigenvalue weighted by Gasteiger charge is 2.10. The number of hydrogen-bond donors (Lipinski definition) is 0. The molecular formula is C15H10ClNO2. The molecule has 2 aromatic carbocycles. The lowest BCUT2D eigenvalue weighted by atomic mass is 10.1. The fourth-order valence-corrected chi connectivity index (χ4v) is 2.10. The fourth-order valence-electron chi connectivity index (χ4n) is 1.88. The largest absolute Gasteiger partial charge is 0.403 e. The molecule has 4 heteroatoms. The highest BCUT2D eigenvalue weighted by atomic mass is 35.5. The van der Waals surface area contributed by atoms with Gasteiger partial charge in [-0.25, -0.2) is 9.78 Å².